The van der Waals surface area contributed by atoms with Gasteiger partial charge in [0.2, 0.25) is 0 Å². The normalized spacial score (nSPS) is 20.8. The van der Waals surface area contributed by atoms with Gasteiger partial charge in [-0.15, -0.1) is 0 Å². The maximum Gasteiger partial charge on any atom is 0 e. The number of allylic oxidation sites excluding steroid dienone is 6. The second-order valence-corrected chi connectivity index (χ2v) is 2.60. The number of rotatable bonds is 0. The van der Waals surface area contributed by atoms with Crippen molar-refractivity contribution in [3.8, 4) is 0 Å². The largest absolute Gasteiger partial charge is 0.0770 e. The fourth-order valence-corrected chi connectivity index (χ4v) is 1.45. The van der Waals surface area contributed by atoms with E-state index in [-0.39, 0.29) is 19.5 Å². The molecule has 0 spiro atoms. The van der Waals surface area contributed by atoms with E-state index in [1.807, 2.05) is 0 Å². The van der Waals surface area contributed by atoms with Gasteiger partial charge in [-0.25, -0.2) is 0 Å². The Labute approximate surface area is 74.5 Å². The van der Waals surface area contributed by atoms with E-state index in [0.29, 0.717) is 0 Å². The molecule has 1 heteroatoms. The van der Waals surface area contributed by atoms with Crippen molar-refractivity contribution < 1.29 is 19.5 Å². The minimum atomic E-state index is 0. The fraction of sp³-hybridized carbons (Fsp3) is 0.333. The fourth-order valence-electron chi connectivity index (χ4n) is 1.45. The van der Waals surface area contributed by atoms with Crippen LogP contribution in [0.25, 0.3) is 0 Å². The number of hydrogen-bond donors (Lipinski definition) is 0. The summed E-state index contributed by atoms with van der Waals surface area (Å²) in [4.78, 5) is 0. The van der Waals surface area contributed by atoms with Gasteiger partial charge in [0, 0.05) is 19.5 Å². The zero-order chi connectivity index (χ0) is 6.10. The van der Waals surface area contributed by atoms with Crippen LogP contribution in [0.2, 0.25) is 0 Å². The third kappa shape index (κ3) is 1.29. The maximum atomic E-state index is 2.33. The second kappa shape index (κ2) is 3.30. The molecule has 0 bridgehead atoms. The average molecular weight is 219 g/mol. The minimum Gasteiger partial charge on any atom is -0.0770 e. The van der Waals surface area contributed by atoms with E-state index in [9.17, 15) is 0 Å². The molecule has 54 valence electrons. The molecule has 0 aromatic rings. The van der Waals surface area contributed by atoms with Crippen LogP contribution in [0.5, 0.6) is 0 Å². The predicted molar refractivity (Wildman–Crippen MR) is 39.2 cm³/mol. The zero-order valence-corrected chi connectivity index (χ0v) is 7.52. The SMILES string of the molecule is C1=CC2=CCCCC2=C1.[Ru]. The monoisotopic (exact) mass is 220 g/mol. The van der Waals surface area contributed by atoms with Gasteiger partial charge in [0.1, 0.15) is 0 Å². The van der Waals surface area contributed by atoms with Crippen LogP contribution < -0.4 is 0 Å². The standard InChI is InChI=1S/C9H10.Ru/c1-2-5-9-7-3-6-8(9)4-1;/h3-4,6-7H,1-2,5H2;. The minimum absolute atomic E-state index is 0. The van der Waals surface area contributed by atoms with Crippen molar-refractivity contribution in [1.82, 2.24) is 0 Å². The molecule has 0 aromatic carbocycles. The molecule has 2 rings (SSSR count). The molecule has 2 aliphatic carbocycles. The maximum absolute atomic E-state index is 2.33. The Balaban J connectivity index is 0.000000500. The number of fused-ring (bicyclic) bond motifs is 1. The molecule has 0 aromatic heterocycles. The van der Waals surface area contributed by atoms with Gasteiger partial charge in [-0.3, -0.25) is 0 Å². The average Bonchev–Trinajstić information content (AvgIpc) is 2.33. The Kier molecular flexibility index (Phi) is 2.62. The smallest absolute Gasteiger partial charge is 0 e. The summed E-state index contributed by atoms with van der Waals surface area (Å²) in [5, 5.41) is 0. The molecule has 0 heterocycles. The summed E-state index contributed by atoms with van der Waals surface area (Å²) < 4.78 is 0. The van der Waals surface area contributed by atoms with Crippen molar-refractivity contribution in [2.45, 2.75) is 19.3 Å². The number of hydrogen-bond acceptors (Lipinski definition) is 0. The zero-order valence-electron chi connectivity index (χ0n) is 5.78. The molecule has 0 unspecified atom stereocenters. The van der Waals surface area contributed by atoms with Gasteiger partial charge in [0.05, 0.1) is 0 Å². The molecule has 0 aliphatic heterocycles. The van der Waals surface area contributed by atoms with Gasteiger partial charge in [-0.05, 0) is 30.4 Å². The van der Waals surface area contributed by atoms with Crippen LogP contribution in [-0.2, 0) is 19.5 Å². The molecule has 10 heavy (non-hydrogen) atoms. The summed E-state index contributed by atoms with van der Waals surface area (Å²) in [5.74, 6) is 0. The van der Waals surface area contributed by atoms with Crippen LogP contribution in [0, 0.1) is 0 Å². The Morgan fingerprint density at radius 2 is 2.20 bits per heavy atom. The van der Waals surface area contributed by atoms with E-state index >= 15 is 0 Å². The summed E-state index contributed by atoms with van der Waals surface area (Å²) in [7, 11) is 0. The summed E-state index contributed by atoms with van der Waals surface area (Å²) in [6.45, 7) is 0. The molecular weight excluding hydrogens is 209 g/mol. The first kappa shape index (κ1) is 7.94. The van der Waals surface area contributed by atoms with Crippen molar-refractivity contribution in [1.29, 1.82) is 0 Å². The Morgan fingerprint density at radius 3 is 3.00 bits per heavy atom. The predicted octanol–water partition coefficient (Wildman–Crippen LogP) is 2.59. The van der Waals surface area contributed by atoms with E-state index in [1.54, 1.807) is 5.57 Å². The van der Waals surface area contributed by atoms with Crippen molar-refractivity contribution in [3.63, 3.8) is 0 Å². The molecule has 0 saturated heterocycles. The third-order valence-electron chi connectivity index (χ3n) is 1.96. The van der Waals surface area contributed by atoms with Crippen LogP contribution in [0.15, 0.2) is 35.5 Å². The van der Waals surface area contributed by atoms with Crippen molar-refractivity contribution in [3.05, 3.63) is 35.5 Å². The van der Waals surface area contributed by atoms with Crippen molar-refractivity contribution >= 4 is 0 Å². The molecule has 0 radical (unpaired) electrons. The van der Waals surface area contributed by atoms with Crippen LogP contribution in [0.1, 0.15) is 19.3 Å². The molecule has 0 N–H and O–H groups in total. The van der Waals surface area contributed by atoms with Crippen LogP contribution in [0.3, 0.4) is 0 Å². The van der Waals surface area contributed by atoms with E-state index in [4.69, 9.17) is 0 Å². The second-order valence-electron chi connectivity index (χ2n) is 2.60. The Bertz CT molecular complexity index is 209. The summed E-state index contributed by atoms with van der Waals surface area (Å²) in [6, 6.07) is 0. The molecule has 0 fully saturated rings. The molecular formula is C9H10Ru. The van der Waals surface area contributed by atoms with Crippen LogP contribution >= 0.6 is 0 Å². The van der Waals surface area contributed by atoms with Crippen LogP contribution in [-0.4, -0.2) is 0 Å². The summed E-state index contributed by atoms with van der Waals surface area (Å²) >= 11 is 0. The van der Waals surface area contributed by atoms with Gasteiger partial charge in [0.25, 0.3) is 0 Å². The van der Waals surface area contributed by atoms with Gasteiger partial charge >= 0.3 is 0 Å². The topological polar surface area (TPSA) is 0 Å². The van der Waals surface area contributed by atoms with Gasteiger partial charge in [-0.1, -0.05) is 24.3 Å². The van der Waals surface area contributed by atoms with Crippen molar-refractivity contribution in [2.75, 3.05) is 0 Å². The molecule has 0 nitrogen and oxygen atoms in total. The van der Waals surface area contributed by atoms with E-state index in [2.05, 4.69) is 24.3 Å². The molecule has 0 saturated carbocycles. The van der Waals surface area contributed by atoms with E-state index in [1.165, 1.54) is 24.8 Å². The third-order valence-corrected chi connectivity index (χ3v) is 1.96. The quantitative estimate of drug-likeness (QED) is 0.549. The Morgan fingerprint density at radius 1 is 1.30 bits per heavy atom. The van der Waals surface area contributed by atoms with Gasteiger partial charge in [-0.2, -0.15) is 0 Å². The first-order valence-electron chi connectivity index (χ1n) is 3.54. The molecule has 0 amide bonds. The van der Waals surface area contributed by atoms with Gasteiger partial charge < -0.3 is 0 Å². The van der Waals surface area contributed by atoms with Gasteiger partial charge in [0.15, 0.2) is 0 Å². The Hall–Kier alpha value is -0.157. The summed E-state index contributed by atoms with van der Waals surface area (Å²) in [6.07, 6.45) is 12.8. The molecule has 0 atom stereocenters. The first-order chi connectivity index (χ1) is 4.47. The van der Waals surface area contributed by atoms with Crippen LogP contribution in [0.4, 0.5) is 0 Å². The first-order valence-corrected chi connectivity index (χ1v) is 3.54. The van der Waals surface area contributed by atoms with E-state index in [0.717, 1.165) is 0 Å². The molecule has 2 aliphatic rings. The summed E-state index contributed by atoms with van der Waals surface area (Å²) in [5.41, 5.74) is 3.02. The van der Waals surface area contributed by atoms with Crippen molar-refractivity contribution in [2.24, 2.45) is 0 Å². The van der Waals surface area contributed by atoms with E-state index < -0.39 is 0 Å².